The second-order valence-electron chi connectivity index (χ2n) is 10.5. The Hall–Kier alpha value is -2.48. The zero-order valence-corrected chi connectivity index (χ0v) is 22.4. The Morgan fingerprint density at radius 2 is 1.33 bits per heavy atom. The van der Waals surface area contributed by atoms with E-state index < -0.39 is 0 Å². The molecule has 2 aromatic carbocycles. The Morgan fingerprint density at radius 3 is 1.94 bits per heavy atom. The number of hydrogen-bond donors (Lipinski definition) is 1. The molecule has 3 aliphatic rings. The van der Waals surface area contributed by atoms with Gasteiger partial charge in [0, 0.05) is 31.7 Å². The van der Waals surface area contributed by atoms with E-state index in [-0.39, 0.29) is 6.04 Å². The normalized spacial score (nSPS) is 25.9. The third-order valence-corrected chi connectivity index (χ3v) is 8.87. The van der Waals surface area contributed by atoms with Gasteiger partial charge in [-0.3, -0.25) is 10.7 Å². The van der Waals surface area contributed by atoms with Crippen molar-refractivity contribution >= 4 is 0 Å². The van der Waals surface area contributed by atoms with Crippen molar-refractivity contribution in [1.82, 2.24) is 9.91 Å². The average molecular weight is 496 g/mol. The molecule has 1 fully saturated rings. The minimum atomic E-state index is 0.174. The fourth-order valence-electron chi connectivity index (χ4n) is 6.85. The minimum absolute atomic E-state index is 0.174. The van der Waals surface area contributed by atoms with E-state index in [1.807, 2.05) is 0 Å². The molecule has 7 nitrogen and oxygen atoms in total. The number of piperidine rings is 1. The van der Waals surface area contributed by atoms with Crippen molar-refractivity contribution < 1.29 is 18.9 Å². The summed E-state index contributed by atoms with van der Waals surface area (Å²) >= 11 is 0. The van der Waals surface area contributed by atoms with Gasteiger partial charge in [0.1, 0.15) is 0 Å². The highest BCUT2D eigenvalue weighted by Crippen LogP contribution is 2.48. The van der Waals surface area contributed by atoms with Crippen LogP contribution in [0.3, 0.4) is 0 Å². The van der Waals surface area contributed by atoms with E-state index in [0.29, 0.717) is 17.9 Å². The van der Waals surface area contributed by atoms with E-state index in [4.69, 9.17) is 24.8 Å². The standard InChI is InChI=1S/C29H41N3O4/c1-6-18-17-31-9-7-19-13-26(33-2)28(35-4)15-22(19)24(31)11-21(18)12-25-23-16-29(36-5)27(34-3)14-20(23)8-10-32(25)30/h13-16,18,21,24-25H,6-12,17,30H2,1-5H3/t18-,21+,24-,25?/m0/s1. The molecule has 5 rings (SSSR count). The van der Waals surface area contributed by atoms with Crippen LogP contribution in [0.15, 0.2) is 24.3 Å². The lowest BCUT2D eigenvalue weighted by Crippen LogP contribution is -2.48. The van der Waals surface area contributed by atoms with Crippen molar-refractivity contribution in [2.45, 2.75) is 51.1 Å². The fourth-order valence-corrected chi connectivity index (χ4v) is 6.85. The summed E-state index contributed by atoms with van der Waals surface area (Å²) in [4.78, 5) is 2.70. The van der Waals surface area contributed by atoms with Crippen LogP contribution >= 0.6 is 0 Å². The summed E-state index contributed by atoms with van der Waals surface area (Å²) in [6, 6.07) is 9.28. The van der Waals surface area contributed by atoms with Gasteiger partial charge < -0.3 is 18.9 Å². The number of benzene rings is 2. The lowest BCUT2D eigenvalue weighted by molar-refractivity contribution is 0.0306. The second kappa shape index (κ2) is 10.5. The average Bonchev–Trinajstić information content (AvgIpc) is 2.92. The van der Waals surface area contributed by atoms with Crippen molar-refractivity contribution in [2.24, 2.45) is 17.7 Å². The van der Waals surface area contributed by atoms with Gasteiger partial charge in [-0.15, -0.1) is 0 Å². The number of ether oxygens (including phenoxy) is 4. The van der Waals surface area contributed by atoms with E-state index in [1.165, 1.54) is 28.7 Å². The van der Waals surface area contributed by atoms with Gasteiger partial charge in [0.2, 0.25) is 0 Å². The first kappa shape index (κ1) is 25.2. The number of nitrogens with two attached hydrogens (primary N) is 1. The maximum Gasteiger partial charge on any atom is 0.161 e. The molecule has 0 saturated carbocycles. The highest BCUT2D eigenvalue weighted by Gasteiger charge is 2.41. The molecular weight excluding hydrogens is 454 g/mol. The topological polar surface area (TPSA) is 69.4 Å². The fraction of sp³-hybridized carbons (Fsp3) is 0.586. The predicted molar refractivity (Wildman–Crippen MR) is 141 cm³/mol. The molecule has 0 spiro atoms. The molecule has 4 atom stereocenters. The monoisotopic (exact) mass is 495 g/mol. The minimum Gasteiger partial charge on any atom is -0.493 e. The molecular formula is C29H41N3O4. The van der Waals surface area contributed by atoms with Crippen molar-refractivity contribution in [3.8, 4) is 23.0 Å². The first-order chi connectivity index (χ1) is 17.5. The summed E-state index contributed by atoms with van der Waals surface area (Å²) in [6.07, 6.45) is 5.35. The Balaban J connectivity index is 1.46. The Kier molecular flexibility index (Phi) is 7.33. The van der Waals surface area contributed by atoms with E-state index in [9.17, 15) is 0 Å². The number of nitrogens with zero attached hydrogens (tertiary/aromatic N) is 2. The summed E-state index contributed by atoms with van der Waals surface area (Å²) in [7, 11) is 6.84. The SMILES string of the molecule is CC[C@H]1CN2CCc3cc(OC)c(OC)cc3[C@@H]2C[C@@H]1CC1c2cc(OC)c(OC)cc2CCN1N. The Bertz CT molecular complexity index is 1090. The Labute approximate surface area is 215 Å². The van der Waals surface area contributed by atoms with Crippen LogP contribution in [-0.4, -0.2) is 58.0 Å². The molecule has 2 aromatic rings. The third-order valence-electron chi connectivity index (χ3n) is 8.87. The van der Waals surface area contributed by atoms with Crippen LogP contribution < -0.4 is 24.8 Å². The molecule has 0 aliphatic carbocycles. The predicted octanol–water partition coefficient (Wildman–Crippen LogP) is 4.53. The zero-order chi connectivity index (χ0) is 25.4. The highest BCUT2D eigenvalue weighted by atomic mass is 16.5. The maximum atomic E-state index is 6.66. The zero-order valence-electron chi connectivity index (χ0n) is 22.4. The van der Waals surface area contributed by atoms with Gasteiger partial charge in [-0.1, -0.05) is 13.3 Å². The van der Waals surface area contributed by atoms with E-state index in [1.54, 1.807) is 28.4 Å². The quantitative estimate of drug-likeness (QED) is 0.566. The number of fused-ring (bicyclic) bond motifs is 4. The summed E-state index contributed by atoms with van der Waals surface area (Å²) in [5.74, 6) is 11.1. The van der Waals surface area contributed by atoms with Gasteiger partial charge in [-0.05, 0) is 84.0 Å². The third kappa shape index (κ3) is 4.42. The van der Waals surface area contributed by atoms with Gasteiger partial charge >= 0.3 is 0 Å². The molecule has 0 bridgehead atoms. The molecule has 7 heteroatoms. The number of methoxy groups -OCH3 is 4. The largest absolute Gasteiger partial charge is 0.493 e. The molecule has 2 N–H and O–H groups in total. The van der Waals surface area contributed by atoms with E-state index >= 15 is 0 Å². The van der Waals surface area contributed by atoms with Gasteiger partial charge in [0.25, 0.3) is 0 Å². The van der Waals surface area contributed by atoms with Crippen LogP contribution in [0, 0.1) is 11.8 Å². The van der Waals surface area contributed by atoms with Gasteiger partial charge in [-0.25, -0.2) is 5.01 Å². The first-order valence-corrected chi connectivity index (χ1v) is 13.3. The van der Waals surface area contributed by atoms with Crippen LogP contribution in [0.4, 0.5) is 0 Å². The van der Waals surface area contributed by atoms with Gasteiger partial charge in [0.05, 0.1) is 28.4 Å². The molecule has 1 saturated heterocycles. The summed E-state index contributed by atoms with van der Waals surface area (Å²) in [5.41, 5.74) is 5.40. The van der Waals surface area contributed by atoms with Crippen molar-refractivity contribution in [3.63, 3.8) is 0 Å². The van der Waals surface area contributed by atoms with E-state index in [0.717, 1.165) is 68.3 Å². The molecule has 0 amide bonds. The maximum absolute atomic E-state index is 6.66. The number of rotatable bonds is 7. The van der Waals surface area contributed by atoms with Crippen molar-refractivity contribution in [3.05, 3.63) is 46.5 Å². The second-order valence-corrected chi connectivity index (χ2v) is 10.5. The molecule has 3 aliphatic heterocycles. The molecule has 1 unspecified atom stereocenters. The van der Waals surface area contributed by atoms with Crippen molar-refractivity contribution in [1.29, 1.82) is 0 Å². The highest BCUT2D eigenvalue weighted by molar-refractivity contribution is 5.50. The number of hydrazine groups is 1. The van der Waals surface area contributed by atoms with Crippen LogP contribution in [0.1, 0.15) is 60.5 Å². The molecule has 0 aromatic heterocycles. The van der Waals surface area contributed by atoms with Crippen LogP contribution in [0.25, 0.3) is 0 Å². The molecule has 36 heavy (non-hydrogen) atoms. The summed E-state index contributed by atoms with van der Waals surface area (Å²) in [6.45, 7) is 5.43. The van der Waals surface area contributed by atoms with Crippen molar-refractivity contribution in [2.75, 3.05) is 48.1 Å². The summed E-state index contributed by atoms with van der Waals surface area (Å²) < 4.78 is 22.5. The Morgan fingerprint density at radius 1 is 0.778 bits per heavy atom. The van der Waals surface area contributed by atoms with Crippen LogP contribution in [0.2, 0.25) is 0 Å². The van der Waals surface area contributed by atoms with Gasteiger partial charge in [0.15, 0.2) is 23.0 Å². The van der Waals surface area contributed by atoms with Crippen LogP contribution in [-0.2, 0) is 12.8 Å². The van der Waals surface area contributed by atoms with Crippen LogP contribution in [0.5, 0.6) is 23.0 Å². The summed E-state index contributed by atoms with van der Waals surface area (Å²) in [5, 5.41) is 2.05. The van der Waals surface area contributed by atoms with E-state index in [2.05, 4.69) is 41.1 Å². The number of hydrogen-bond acceptors (Lipinski definition) is 7. The lowest BCUT2D eigenvalue weighted by Gasteiger charge is -2.49. The van der Waals surface area contributed by atoms with Gasteiger partial charge in [-0.2, -0.15) is 0 Å². The smallest absolute Gasteiger partial charge is 0.161 e. The molecule has 3 heterocycles. The molecule has 196 valence electrons. The lowest BCUT2D eigenvalue weighted by atomic mass is 9.72. The first-order valence-electron chi connectivity index (χ1n) is 13.3. The molecule has 0 radical (unpaired) electrons.